The second kappa shape index (κ2) is 2.61. The number of hydrogen-bond acceptors (Lipinski definition) is 1. The Hall–Kier alpha value is -0.790. The van der Waals surface area contributed by atoms with Crippen LogP contribution in [0, 0.1) is 17.8 Å². The normalized spacial score (nSPS) is 40.0. The Bertz CT molecular complexity index is 216. The van der Waals surface area contributed by atoms with Crippen molar-refractivity contribution in [2.75, 3.05) is 0 Å². The number of rotatable bonds is 1. The summed E-state index contributed by atoms with van der Waals surface area (Å²) in [5.41, 5.74) is 1.33. The third-order valence-electron chi connectivity index (χ3n) is 3.40. The molecule has 2 rings (SSSR count). The van der Waals surface area contributed by atoms with Crippen LogP contribution in [-0.2, 0) is 4.79 Å². The van der Waals surface area contributed by atoms with Crippen molar-refractivity contribution in [1.82, 2.24) is 0 Å². The Kier molecular flexibility index (Phi) is 1.71. The van der Waals surface area contributed by atoms with E-state index in [1.54, 1.807) is 0 Å². The molecule has 0 aromatic rings. The fourth-order valence-corrected chi connectivity index (χ4v) is 2.63. The van der Waals surface area contributed by atoms with Crippen LogP contribution in [0.5, 0.6) is 0 Å². The summed E-state index contributed by atoms with van der Waals surface area (Å²) in [6.07, 6.45) is 4.02. The fourth-order valence-electron chi connectivity index (χ4n) is 2.63. The van der Waals surface area contributed by atoms with Crippen molar-refractivity contribution in [3.8, 4) is 0 Å². The molecule has 1 N–H and O–H groups in total. The molecular formula is C10H14O2. The molecule has 2 saturated carbocycles. The molecule has 2 fully saturated rings. The van der Waals surface area contributed by atoms with Gasteiger partial charge in [-0.05, 0) is 37.5 Å². The molecule has 0 saturated heterocycles. The zero-order valence-electron chi connectivity index (χ0n) is 7.12. The van der Waals surface area contributed by atoms with E-state index in [0.717, 1.165) is 12.8 Å². The summed E-state index contributed by atoms with van der Waals surface area (Å²) in [7, 11) is 0. The minimum atomic E-state index is -0.612. The molecule has 2 bridgehead atoms. The quantitative estimate of drug-likeness (QED) is 0.605. The summed E-state index contributed by atoms with van der Waals surface area (Å²) in [5, 5.41) is 8.86. The topological polar surface area (TPSA) is 37.3 Å². The van der Waals surface area contributed by atoms with Gasteiger partial charge in [0.2, 0.25) is 0 Å². The Balaban J connectivity index is 2.12. The molecule has 0 aliphatic heterocycles. The first kappa shape index (κ1) is 7.84. The predicted octanol–water partition coefficient (Wildman–Crippen LogP) is 2.06. The minimum Gasteiger partial charge on any atom is -0.481 e. The van der Waals surface area contributed by atoms with Crippen LogP contribution in [0.2, 0.25) is 0 Å². The van der Waals surface area contributed by atoms with E-state index in [4.69, 9.17) is 5.11 Å². The SMILES string of the molecule is C=C1C2CCC1CC(C(=O)O)C2. The number of hydrogen-bond donors (Lipinski definition) is 1. The number of fused-ring (bicyclic) bond motifs is 2. The predicted molar refractivity (Wildman–Crippen MR) is 45.7 cm³/mol. The summed E-state index contributed by atoms with van der Waals surface area (Å²) < 4.78 is 0. The number of allylic oxidation sites excluding steroid dienone is 1. The van der Waals surface area contributed by atoms with E-state index in [2.05, 4.69) is 6.58 Å². The van der Waals surface area contributed by atoms with Gasteiger partial charge in [-0.3, -0.25) is 4.79 Å². The highest BCUT2D eigenvalue weighted by molar-refractivity contribution is 5.70. The Morgan fingerprint density at radius 1 is 1.33 bits per heavy atom. The molecule has 0 radical (unpaired) electrons. The second-order valence-corrected chi connectivity index (χ2v) is 4.05. The van der Waals surface area contributed by atoms with Crippen molar-refractivity contribution < 1.29 is 9.90 Å². The molecule has 2 heteroatoms. The molecule has 2 nitrogen and oxygen atoms in total. The van der Waals surface area contributed by atoms with Gasteiger partial charge in [-0.15, -0.1) is 0 Å². The van der Waals surface area contributed by atoms with Crippen LogP contribution >= 0.6 is 0 Å². The summed E-state index contributed by atoms with van der Waals surface area (Å²) >= 11 is 0. The Labute approximate surface area is 72.3 Å². The highest BCUT2D eigenvalue weighted by atomic mass is 16.4. The van der Waals surface area contributed by atoms with Gasteiger partial charge in [-0.2, -0.15) is 0 Å². The van der Waals surface area contributed by atoms with E-state index in [-0.39, 0.29) is 5.92 Å². The van der Waals surface area contributed by atoms with Crippen molar-refractivity contribution in [3.63, 3.8) is 0 Å². The summed E-state index contributed by atoms with van der Waals surface area (Å²) in [6, 6.07) is 0. The standard InChI is InChI=1S/C10H14O2/c1-6-7-2-3-8(6)5-9(4-7)10(11)12/h7-9H,1-5H2,(H,11,12). The van der Waals surface area contributed by atoms with Gasteiger partial charge in [0.25, 0.3) is 0 Å². The lowest BCUT2D eigenvalue weighted by Crippen LogP contribution is -2.24. The van der Waals surface area contributed by atoms with Crippen molar-refractivity contribution in [3.05, 3.63) is 12.2 Å². The molecule has 0 heterocycles. The van der Waals surface area contributed by atoms with E-state index in [1.165, 1.54) is 18.4 Å². The van der Waals surface area contributed by atoms with Gasteiger partial charge >= 0.3 is 5.97 Å². The van der Waals surface area contributed by atoms with Crippen molar-refractivity contribution in [2.24, 2.45) is 17.8 Å². The Morgan fingerprint density at radius 2 is 1.83 bits per heavy atom. The van der Waals surface area contributed by atoms with Crippen molar-refractivity contribution >= 4 is 5.97 Å². The van der Waals surface area contributed by atoms with E-state index in [0.29, 0.717) is 11.8 Å². The molecule has 0 aromatic carbocycles. The molecule has 2 aliphatic rings. The van der Waals surface area contributed by atoms with E-state index >= 15 is 0 Å². The molecule has 12 heavy (non-hydrogen) atoms. The lowest BCUT2D eigenvalue weighted by atomic mass is 9.78. The van der Waals surface area contributed by atoms with Crippen LogP contribution in [0.4, 0.5) is 0 Å². The van der Waals surface area contributed by atoms with Gasteiger partial charge in [0.1, 0.15) is 0 Å². The van der Waals surface area contributed by atoms with Crippen LogP contribution in [0.25, 0.3) is 0 Å². The van der Waals surface area contributed by atoms with Crippen LogP contribution in [0.15, 0.2) is 12.2 Å². The molecule has 2 unspecified atom stereocenters. The van der Waals surface area contributed by atoms with Gasteiger partial charge < -0.3 is 5.11 Å². The summed E-state index contributed by atoms with van der Waals surface area (Å²) in [5.74, 6) is 0.335. The summed E-state index contributed by atoms with van der Waals surface area (Å²) in [4.78, 5) is 10.8. The maximum atomic E-state index is 10.8. The molecule has 0 aromatic heterocycles. The summed E-state index contributed by atoms with van der Waals surface area (Å²) in [6.45, 7) is 4.04. The smallest absolute Gasteiger partial charge is 0.306 e. The van der Waals surface area contributed by atoms with Gasteiger partial charge in [0.15, 0.2) is 0 Å². The first-order chi connectivity index (χ1) is 5.68. The highest BCUT2D eigenvalue weighted by Gasteiger charge is 2.39. The number of carbonyl (C=O) groups is 1. The zero-order chi connectivity index (χ0) is 8.72. The molecule has 2 atom stereocenters. The van der Waals surface area contributed by atoms with Crippen molar-refractivity contribution in [1.29, 1.82) is 0 Å². The van der Waals surface area contributed by atoms with Gasteiger partial charge in [-0.1, -0.05) is 12.2 Å². The zero-order valence-corrected chi connectivity index (χ0v) is 7.12. The van der Waals surface area contributed by atoms with Gasteiger partial charge in [-0.25, -0.2) is 0 Å². The largest absolute Gasteiger partial charge is 0.481 e. The third-order valence-corrected chi connectivity index (χ3v) is 3.40. The molecule has 0 spiro atoms. The van der Waals surface area contributed by atoms with E-state index < -0.39 is 5.97 Å². The molecule has 66 valence electrons. The van der Waals surface area contributed by atoms with Crippen LogP contribution in [-0.4, -0.2) is 11.1 Å². The Morgan fingerprint density at radius 3 is 2.25 bits per heavy atom. The maximum Gasteiger partial charge on any atom is 0.306 e. The van der Waals surface area contributed by atoms with Crippen LogP contribution in [0.3, 0.4) is 0 Å². The monoisotopic (exact) mass is 166 g/mol. The molecule has 2 aliphatic carbocycles. The lowest BCUT2D eigenvalue weighted by molar-refractivity contribution is -0.143. The average molecular weight is 166 g/mol. The number of carboxylic acid groups (broad SMARTS) is 1. The number of carboxylic acids is 1. The fraction of sp³-hybridized carbons (Fsp3) is 0.700. The average Bonchev–Trinajstić information content (AvgIpc) is 2.30. The van der Waals surface area contributed by atoms with Gasteiger partial charge in [0.05, 0.1) is 5.92 Å². The van der Waals surface area contributed by atoms with Gasteiger partial charge in [0, 0.05) is 0 Å². The van der Waals surface area contributed by atoms with Crippen LogP contribution < -0.4 is 0 Å². The van der Waals surface area contributed by atoms with Crippen LogP contribution in [0.1, 0.15) is 25.7 Å². The molecular weight excluding hydrogens is 152 g/mol. The minimum absolute atomic E-state index is 0.0898. The highest BCUT2D eigenvalue weighted by Crippen LogP contribution is 2.47. The van der Waals surface area contributed by atoms with E-state index in [1.807, 2.05) is 0 Å². The first-order valence-electron chi connectivity index (χ1n) is 4.60. The first-order valence-corrected chi connectivity index (χ1v) is 4.60. The lowest BCUT2D eigenvalue weighted by Gasteiger charge is -2.26. The number of aliphatic carboxylic acids is 1. The third kappa shape index (κ3) is 1.06. The maximum absolute atomic E-state index is 10.8. The van der Waals surface area contributed by atoms with E-state index in [9.17, 15) is 4.79 Å². The second-order valence-electron chi connectivity index (χ2n) is 4.05. The molecule has 0 amide bonds. The van der Waals surface area contributed by atoms with Crippen molar-refractivity contribution in [2.45, 2.75) is 25.7 Å².